The maximum absolute atomic E-state index is 12.3. The monoisotopic (exact) mass is 297 g/mol. The predicted octanol–water partition coefficient (Wildman–Crippen LogP) is 1.62. The Balaban J connectivity index is 1.98. The molecule has 1 unspecified atom stereocenters. The summed E-state index contributed by atoms with van der Waals surface area (Å²) >= 11 is 6.06. The zero-order valence-corrected chi connectivity index (χ0v) is 12.1. The zero-order chi connectivity index (χ0) is 14.6. The lowest BCUT2D eigenvalue weighted by atomic mass is 9.96. The number of aliphatic hydroxyl groups is 2. The Labute approximate surface area is 124 Å². The molecule has 1 fully saturated rings. The van der Waals surface area contributed by atoms with E-state index >= 15 is 0 Å². The van der Waals surface area contributed by atoms with Crippen LogP contribution in [-0.2, 0) is 11.2 Å². The summed E-state index contributed by atoms with van der Waals surface area (Å²) in [4.78, 5) is 14.0. The molecule has 20 heavy (non-hydrogen) atoms. The SMILES string of the molecule is O=C(Cc1ccccc1Cl)N1CCCC(O)(CO)CC1. The summed E-state index contributed by atoms with van der Waals surface area (Å²) in [5.74, 6) is 0.0142. The van der Waals surface area contributed by atoms with Gasteiger partial charge in [-0.1, -0.05) is 29.8 Å². The van der Waals surface area contributed by atoms with E-state index in [-0.39, 0.29) is 18.9 Å². The van der Waals surface area contributed by atoms with E-state index in [2.05, 4.69) is 0 Å². The molecule has 1 heterocycles. The number of aliphatic hydroxyl groups excluding tert-OH is 1. The van der Waals surface area contributed by atoms with Gasteiger partial charge in [0.15, 0.2) is 0 Å². The molecular formula is C15H20ClNO3. The van der Waals surface area contributed by atoms with Crippen LogP contribution < -0.4 is 0 Å². The third kappa shape index (κ3) is 3.72. The number of amides is 1. The number of halogens is 1. The van der Waals surface area contributed by atoms with E-state index in [1.807, 2.05) is 18.2 Å². The zero-order valence-electron chi connectivity index (χ0n) is 11.4. The van der Waals surface area contributed by atoms with Crippen molar-refractivity contribution < 1.29 is 15.0 Å². The van der Waals surface area contributed by atoms with Crippen LogP contribution in [0, 0.1) is 0 Å². The van der Waals surface area contributed by atoms with Crippen molar-refractivity contribution in [2.45, 2.75) is 31.3 Å². The number of benzene rings is 1. The standard InChI is InChI=1S/C15H20ClNO3/c16-13-5-2-1-4-12(13)10-14(19)17-8-3-6-15(20,11-18)7-9-17/h1-2,4-5,18,20H,3,6-11H2. The minimum atomic E-state index is -1.04. The number of carbonyl (C=O) groups is 1. The number of likely N-dealkylation sites (tertiary alicyclic amines) is 1. The van der Waals surface area contributed by atoms with Crippen LogP contribution in [0.5, 0.6) is 0 Å². The van der Waals surface area contributed by atoms with E-state index < -0.39 is 5.60 Å². The predicted molar refractivity (Wildman–Crippen MR) is 77.6 cm³/mol. The average Bonchev–Trinajstić information content (AvgIpc) is 2.64. The molecule has 0 aliphatic carbocycles. The van der Waals surface area contributed by atoms with Crippen molar-refractivity contribution in [2.75, 3.05) is 19.7 Å². The highest BCUT2D eigenvalue weighted by Crippen LogP contribution is 2.23. The number of carbonyl (C=O) groups excluding carboxylic acids is 1. The molecule has 1 saturated heterocycles. The lowest BCUT2D eigenvalue weighted by Crippen LogP contribution is -2.37. The maximum Gasteiger partial charge on any atom is 0.227 e. The van der Waals surface area contributed by atoms with E-state index in [1.54, 1.807) is 11.0 Å². The van der Waals surface area contributed by atoms with Crippen molar-refractivity contribution in [1.29, 1.82) is 0 Å². The Kier molecular flexibility index (Phi) is 5.02. The molecule has 0 spiro atoms. The number of hydrogen-bond acceptors (Lipinski definition) is 3. The third-order valence-electron chi connectivity index (χ3n) is 3.86. The second-order valence-corrected chi connectivity index (χ2v) is 5.79. The molecule has 0 saturated carbocycles. The van der Waals surface area contributed by atoms with Gasteiger partial charge in [0.2, 0.25) is 5.91 Å². The van der Waals surface area contributed by atoms with Gasteiger partial charge < -0.3 is 15.1 Å². The fourth-order valence-corrected chi connectivity index (χ4v) is 2.71. The molecule has 0 bridgehead atoms. The first-order chi connectivity index (χ1) is 9.54. The highest BCUT2D eigenvalue weighted by molar-refractivity contribution is 6.31. The number of hydrogen-bond donors (Lipinski definition) is 2. The van der Waals surface area contributed by atoms with Crippen LogP contribution in [0.4, 0.5) is 0 Å². The Hall–Kier alpha value is -1.10. The van der Waals surface area contributed by atoms with Crippen LogP contribution >= 0.6 is 11.6 Å². The molecule has 1 aromatic carbocycles. The van der Waals surface area contributed by atoms with Crippen LogP contribution in [0.1, 0.15) is 24.8 Å². The van der Waals surface area contributed by atoms with Crippen molar-refractivity contribution >= 4 is 17.5 Å². The molecular weight excluding hydrogens is 278 g/mol. The Morgan fingerprint density at radius 3 is 2.75 bits per heavy atom. The number of rotatable bonds is 3. The van der Waals surface area contributed by atoms with Crippen molar-refractivity contribution in [1.82, 2.24) is 4.90 Å². The first-order valence-corrected chi connectivity index (χ1v) is 7.26. The third-order valence-corrected chi connectivity index (χ3v) is 4.23. The first kappa shape index (κ1) is 15.3. The van der Waals surface area contributed by atoms with Gasteiger partial charge in [-0.2, -0.15) is 0 Å². The molecule has 1 atom stereocenters. The normalized spacial score (nSPS) is 23.4. The van der Waals surface area contributed by atoms with E-state index in [0.29, 0.717) is 37.4 Å². The van der Waals surface area contributed by atoms with Gasteiger partial charge in [0.1, 0.15) is 0 Å². The second kappa shape index (κ2) is 6.57. The van der Waals surface area contributed by atoms with Crippen molar-refractivity contribution in [3.63, 3.8) is 0 Å². The van der Waals surface area contributed by atoms with Gasteiger partial charge in [-0.15, -0.1) is 0 Å². The van der Waals surface area contributed by atoms with Gasteiger partial charge in [-0.05, 0) is 30.9 Å². The Morgan fingerprint density at radius 2 is 2.05 bits per heavy atom. The molecule has 110 valence electrons. The minimum Gasteiger partial charge on any atom is -0.393 e. The molecule has 1 aliphatic heterocycles. The first-order valence-electron chi connectivity index (χ1n) is 6.88. The molecule has 2 N–H and O–H groups in total. The van der Waals surface area contributed by atoms with E-state index in [9.17, 15) is 15.0 Å². The van der Waals surface area contributed by atoms with Gasteiger partial charge in [0.25, 0.3) is 0 Å². The van der Waals surface area contributed by atoms with Gasteiger partial charge in [0.05, 0.1) is 18.6 Å². The molecule has 2 rings (SSSR count). The summed E-state index contributed by atoms with van der Waals surface area (Å²) in [5, 5.41) is 19.9. The van der Waals surface area contributed by atoms with Gasteiger partial charge in [-0.3, -0.25) is 4.79 Å². The van der Waals surface area contributed by atoms with Crippen LogP contribution in [0.3, 0.4) is 0 Å². The minimum absolute atomic E-state index is 0.0142. The second-order valence-electron chi connectivity index (χ2n) is 5.38. The van der Waals surface area contributed by atoms with Crippen molar-refractivity contribution in [2.24, 2.45) is 0 Å². The molecule has 5 heteroatoms. The average molecular weight is 298 g/mol. The maximum atomic E-state index is 12.3. The summed E-state index contributed by atoms with van der Waals surface area (Å²) < 4.78 is 0. The quantitative estimate of drug-likeness (QED) is 0.891. The van der Waals surface area contributed by atoms with Crippen molar-refractivity contribution in [3.05, 3.63) is 34.9 Å². The fraction of sp³-hybridized carbons (Fsp3) is 0.533. The van der Waals surface area contributed by atoms with E-state index in [0.717, 1.165) is 5.56 Å². The molecule has 4 nitrogen and oxygen atoms in total. The summed E-state index contributed by atoms with van der Waals surface area (Å²) in [6.07, 6.45) is 1.92. The highest BCUT2D eigenvalue weighted by atomic mass is 35.5. The smallest absolute Gasteiger partial charge is 0.227 e. The van der Waals surface area contributed by atoms with E-state index in [1.165, 1.54) is 0 Å². The molecule has 0 aromatic heterocycles. The van der Waals surface area contributed by atoms with Gasteiger partial charge in [0, 0.05) is 18.1 Å². The summed E-state index contributed by atoms with van der Waals surface area (Å²) in [7, 11) is 0. The van der Waals surface area contributed by atoms with Gasteiger partial charge in [-0.25, -0.2) is 0 Å². The Bertz CT molecular complexity index is 480. The summed E-state index contributed by atoms with van der Waals surface area (Å²) in [5.41, 5.74) is -0.222. The van der Waals surface area contributed by atoms with Crippen LogP contribution in [-0.4, -0.2) is 46.3 Å². The molecule has 0 radical (unpaired) electrons. The molecule has 1 aliphatic rings. The largest absolute Gasteiger partial charge is 0.393 e. The van der Waals surface area contributed by atoms with Gasteiger partial charge >= 0.3 is 0 Å². The van der Waals surface area contributed by atoms with Crippen LogP contribution in [0.25, 0.3) is 0 Å². The lowest BCUT2D eigenvalue weighted by Gasteiger charge is -2.24. The topological polar surface area (TPSA) is 60.8 Å². The van der Waals surface area contributed by atoms with E-state index in [4.69, 9.17) is 11.6 Å². The fourth-order valence-electron chi connectivity index (χ4n) is 2.50. The van der Waals surface area contributed by atoms with Crippen LogP contribution in [0.15, 0.2) is 24.3 Å². The highest BCUT2D eigenvalue weighted by Gasteiger charge is 2.30. The van der Waals surface area contributed by atoms with Crippen molar-refractivity contribution in [3.8, 4) is 0 Å². The summed E-state index contributed by atoms with van der Waals surface area (Å²) in [6.45, 7) is 0.839. The molecule has 1 aromatic rings. The lowest BCUT2D eigenvalue weighted by molar-refractivity contribution is -0.130. The summed E-state index contributed by atoms with van der Waals surface area (Å²) in [6, 6.07) is 7.32. The number of nitrogens with zero attached hydrogens (tertiary/aromatic N) is 1. The molecule has 1 amide bonds. The van der Waals surface area contributed by atoms with Crippen LogP contribution in [0.2, 0.25) is 5.02 Å². The Morgan fingerprint density at radius 1 is 1.30 bits per heavy atom.